The Morgan fingerprint density at radius 2 is 0.833 bits per heavy atom. The summed E-state index contributed by atoms with van der Waals surface area (Å²) in [6.45, 7) is 0. The molecule has 0 aliphatic heterocycles. The zero-order valence-corrected chi connectivity index (χ0v) is 11.2. The van der Waals surface area contributed by atoms with Crippen LogP contribution in [0.5, 0.6) is 0 Å². The van der Waals surface area contributed by atoms with Gasteiger partial charge in [0.1, 0.15) is 0 Å². The zero-order chi connectivity index (χ0) is 4.50. The normalized spacial score (nSPS) is 10.0. The van der Waals surface area contributed by atoms with Crippen molar-refractivity contribution in [1.29, 1.82) is 0 Å². The van der Waals surface area contributed by atoms with E-state index in [2.05, 4.69) is 0 Å². The molecule has 0 amide bonds. The number of rotatable bonds is 0. The number of halogens is 4. The largest absolute Gasteiger partial charge is 0.266 e. The molecule has 0 nitrogen and oxygen atoms in total. The minimum Gasteiger partial charge on any atom is -0.0664 e. The average molecular weight is 354 g/mol. The minimum atomic E-state index is -1.61. The van der Waals surface area contributed by atoms with Crippen LogP contribution in [0.2, 0.25) is 0 Å². The Balaban J connectivity index is 0. The van der Waals surface area contributed by atoms with E-state index in [0.717, 1.165) is 0 Å². The SMILES string of the molecule is ClC(Cl)(Cl)Cl.[Hg]. The molecule has 0 unspecified atom stereocenters. The van der Waals surface area contributed by atoms with Crippen LogP contribution < -0.4 is 0 Å². The second-order valence-electron chi connectivity index (χ2n) is 0.429. The van der Waals surface area contributed by atoms with Crippen molar-refractivity contribution in [2.24, 2.45) is 0 Å². The molecule has 0 aromatic rings. The van der Waals surface area contributed by atoms with Gasteiger partial charge < -0.3 is 0 Å². The van der Waals surface area contributed by atoms with Crippen LogP contribution in [0.4, 0.5) is 0 Å². The first kappa shape index (κ1) is 11.0. The molecule has 0 aliphatic carbocycles. The van der Waals surface area contributed by atoms with Crippen LogP contribution in [-0.2, 0) is 27.7 Å². The summed E-state index contributed by atoms with van der Waals surface area (Å²) in [4.78, 5) is 0. The number of hydrogen-bond donors (Lipinski definition) is 0. The molecule has 0 rings (SSSR count). The minimum absolute atomic E-state index is 0. The summed E-state index contributed by atoms with van der Waals surface area (Å²) in [5.41, 5.74) is 0. The second-order valence-corrected chi connectivity index (χ2v) is 3.86. The molecule has 0 aromatic heterocycles. The predicted octanol–water partition coefficient (Wildman–Crippen LogP) is 2.55. The van der Waals surface area contributed by atoms with Crippen LogP contribution in [0, 0.1) is 0 Å². The molecule has 0 bridgehead atoms. The first-order valence-corrected chi connectivity index (χ1v) is 2.27. The van der Waals surface area contributed by atoms with Crippen molar-refractivity contribution in [2.45, 2.75) is 3.25 Å². The fraction of sp³-hybridized carbons (Fsp3) is 1.00. The van der Waals surface area contributed by atoms with Crippen LogP contribution in [0.1, 0.15) is 0 Å². The van der Waals surface area contributed by atoms with Gasteiger partial charge >= 0.3 is 0 Å². The van der Waals surface area contributed by atoms with E-state index < -0.39 is 3.25 Å². The summed E-state index contributed by atoms with van der Waals surface area (Å²) in [6.07, 6.45) is 0. The summed E-state index contributed by atoms with van der Waals surface area (Å²) in [5.74, 6) is 0. The van der Waals surface area contributed by atoms with E-state index in [4.69, 9.17) is 46.4 Å². The van der Waals surface area contributed by atoms with Gasteiger partial charge in [0.25, 0.3) is 3.25 Å². The maximum atomic E-state index is 4.83. The van der Waals surface area contributed by atoms with E-state index in [-0.39, 0.29) is 27.7 Å². The Morgan fingerprint density at radius 1 is 0.833 bits per heavy atom. The van der Waals surface area contributed by atoms with Crippen molar-refractivity contribution in [3.05, 3.63) is 0 Å². The Kier molecular flexibility index (Phi) is 7.35. The molecule has 0 radical (unpaired) electrons. The Morgan fingerprint density at radius 3 is 0.833 bits per heavy atom. The zero-order valence-electron chi connectivity index (χ0n) is 2.72. The molecule has 0 aromatic carbocycles. The van der Waals surface area contributed by atoms with Crippen LogP contribution in [0.3, 0.4) is 0 Å². The molecular weight excluding hydrogens is 354 g/mol. The van der Waals surface area contributed by atoms with Gasteiger partial charge in [0.2, 0.25) is 0 Å². The van der Waals surface area contributed by atoms with E-state index in [1.165, 1.54) is 0 Å². The van der Waals surface area contributed by atoms with Crippen molar-refractivity contribution in [1.82, 2.24) is 0 Å². The van der Waals surface area contributed by atoms with Gasteiger partial charge in [-0.15, -0.1) is 0 Å². The molecule has 5 heteroatoms. The first-order valence-electron chi connectivity index (χ1n) is 0.756. The van der Waals surface area contributed by atoms with E-state index in [9.17, 15) is 0 Å². The van der Waals surface area contributed by atoms with Gasteiger partial charge in [-0.2, -0.15) is 0 Å². The molecule has 34 valence electrons. The standard InChI is InChI=1S/CCl4.Hg/c2-1(3,4)5;. The Hall–Kier alpha value is 2.10. The molecule has 0 N–H and O–H groups in total. The molecule has 0 heterocycles. The van der Waals surface area contributed by atoms with Crippen molar-refractivity contribution in [2.75, 3.05) is 0 Å². The van der Waals surface area contributed by atoms with Crippen LogP contribution >= 0.6 is 46.4 Å². The Bertz CT molecular complexity index is 23.0. The van der Waals surface area contributed by atoms with Crippen LogP contribution in [0.15, 0.2) is 0 Å². The summed E-state index contributed by atoms with van der Waals surface area (Å²) in [5, 5.41) is 0. The first-order chi connectivity index (χ1) is 2.00. The fourth-order valence-corrected chi connectivity index (χ4v) is 0. The second kappa shape index (κ2) is 4.02. The van der Waals surface area contributed by atoms with Crippen molar-refractivity contribution < 1.29 is 27.7 Å². The van der Waals surface area contributed by atoms with Gasteiger partial charge in [0.05, 0.1) is 0 Å². The van der Waals surface area contributed by atoms with E-state index in [1.54, 1.807) is 0 Å². The van der Waals surface area contributed by atoms with Crippen molar-refractivity contribution in [3.8, 4) is 0 Å². The monoisotopic (exact) mass is 354 g/mol. The molecule has 0 fully saturated rings. The van der Waals surface area contributed by atoms with Crippen LogP contribution in [-0.4, -0.2) is 3.25 Å². The quantitative estimate of drug-likeness (QED) is 0.463. The van der Waals surface area contributed by atoms with Gasteiger partial charge in [-0.05, 0) is 0 Å². The summed E-state index contributed by atoms with van der Waals surface area (Å²) in [6, 6.07) is 0. The number of alkyl halides is 4. The van der Waals surface area contributed by atoms with E-state index in [1.807, 2.05) is 0 Å². The summed E-state index contributed by atoms with van der Waals surface area (Å²) >= 11 is 19.3. The molecule has 0 saturated heterocycles. The maximum absolute atomic E-state index is 4.83. The smallest absolute Gasteiger partial charge is 0.0664 e. The van der Waals surface area contributed by atoms with Gasteiger partial charge in [-0.1, -0.05) is 46.4 Å². The molecule has 0 aliphatic rings. The van der Waals surface area contributed by atoms with Gasteiger partial charge in [-0.3, -0.25) is 0 Å². The molecule has 6 heavy (non-hydrogen) atoms. The molecule has 0 saturated carbocycles. The maximum Gasteiger partial charge on any atom is 0.266 e. The summed E-state index contributed by atoms with van der Waals surface area (Å²) in [7, 11) is 0. The predicted molar refractivity (Wildman–Crippen MR) is 26.1 cm³/mol. The third kappa shape index (κ3) is 36.0. The third-order valence-electron chi connectivity index (χ3n) is 0. The fourth-order valence-electron chi connectivity index (χ4n) is 0. The van der Waals surface area contributed by atoms with Crippen molar-refractivity contribution in [3.63, 3.8) is 0 Å². The third-order valence-corrected chi connectivity index (χ3v) is 0. The summed E-state index contributed by atoms with van der Waals surface area (Å²) < 4.78 is -1.61. The topological polar surface area (TPSA) is 0 Å². The van der Waals surface area contributed by atoms with Crippen molar-refractivity contribution >= 4 is 46.4 Å². The molecule has 0 spiro atoms. The van der Waals surface area contributed by atoms with Gasteiger partial charge in [0.15, 0.2) is 0 Å². The molecular formula is CCl4Hg. The number of hydrogen-bond acceptors (Lipinski definition) is 0. The van der Waals surface area contributed by atoms with Gasteiger partial charge in [-0.25, -0.2) is 0 Å². The van der Waals surface area contributed by atoms with Crippen LogP contribution in [0.25, 0.3) is 0 Å². The van der Waals surface area contributed by atoms with E-state index >= 15 is 0 Å². The van der Waals surface area contributed by atoms with E-state index in [0.29, 0.717) is 0 Å². The Labute approximate surface area is 76.6 Å². The van der Waals surface area contributed by atoms with Gasteiger partial charge in [0, 0.05) is 27.7 Å². The molecule has 0 atom stereocenters. The average Bonchev–Trinajstić information content (AvgIpc) is 0.722.